The van der Waals surface area contributed by atoms with E-state index in [1.54, 1.807) is 0 Å². The average Bonchev–Trinajstić information content (AvgIpc) is 1.94. The molecule has 0 aliphatic carbocycles. The minimum atomic E-state index is -1.08. The van der Waals surface area contributed by atoms with Gasteiger partial charge < -0.3 is 49.5 Å². The van der Waals surface area contributed by atoms with Crippen LogP contribution in [0, 0.1) is 0 Å². The Labute approximate surface area is 159 Å². The van der Waals surface area contributed by atoms with Crippen LogP contribution in [0.2, 0.25) is 0 Å². The van der Waals surface area contributed by atoms with Crippen LogP contribution in [-0.4, -0.2) is 29.8 Å². The summed E-state index contributed by atoms with van der Waals surface area (Å²) in [5.41, 5.74) is 0. The van der Waals surface area contributed by atoms with Gasteiger partial charge in [0.1, 0.15) is 0 Å². The van der Waals surface area contributed by atoms with Crippen LogP contribution in [0.15, 0.2) is 0 Å². The van der Waals surface area contributed by atoms with Crippen LogP contribution in [0.1, 0.15) is 34.6 Å². The van der Waals surface area contributed by atoms with Gasteiger partial charge in [-0.3, -0.25) is 0 Å². The van der Waals surface area contributed by atoms with Crippen molar-refractivity contribution >= 4 is 29.8 Å². The smallest absolute Gasteiger partial charge is 0.550 e. The molecule has 0 aliphatic heterocycles. The average molecular weight is 406 g/mol. The summed E-state index contributed by atoms with van der Waals surface area (Å²) in [6.07, 6.45) is 0. The molecule has 0 aromatic rings. The Balaban J connectivity index is -0.0000000250. The number of rotatable bonds is 0. The quantitative estimate of drug-likeness (QED) is 0.349. The van der Waals surface area contributed by atoms with E-state index in [0.29, 0.717) is 0 Å². The second kappa shape index (κ2) is 36.8. The Morgan fingerprint density at radius 1 is 0.455 bits per heavy atom. The molecule has 0 bridgehead atoms. The molecule has 0 saturated heterocycles. The number of carboxylic acid groups (broad SMARTS) is 5. The normalized spacial score (nSPS) is 5.68. The summed E-state index contributed by atoms with van der Waals surface area (Å²) in [6.45, 7) is 4.86. The number of hydrogen-bond acceptors (Lipinski definition) is 10. The minimum Gasteiger partial charge on any atom is -0.550 e. The first-order chi connectivity index (χ1) is 8.66. The van der Waals surface area contributed by atoms with E-state index in [1.807, 2.05) is 0 Å². The van der Waals surface area contributed by atoms with Gasteiger partial charge in [-0.1, -0.05) is 0 Å². The van der Waals surface area contributed by atoms with Crippen molar-refractivity contribution in [3.63, 3.8) is 0 Å². The van der Waals surface area contributed by atoms with Gasteiger partial charge in [0.2, 0.25) is 0 Å². The van der Waals surface area contributed by atoms with Crippen LogP contribution < -0.4 is 25.5 Å². The maximum Gasteiger partial charge on any atom is 3.00 e. The van der Waals surface area contributed by atoms with Gasteiger partial charge in [-0.15, -0.1) is 0 Å². The van der Waals surface area contributed by atoms with Crippen molar-refractivity contribution in [2.75, 3.05) is 0 Å². The van der Waals surface area contributed by atoms with Crippen molar-refractivity contribution in [1.82, 2.24) is 0 Å². The van der Waals surface area contributed by atoms with E-state index >= 15 is 0 Å². The van der Waals surface area contributed by atoms with Gasteiger partial charge in [-0.05, 0) is 34.6 Å². The number of carbonyl (C=O) groups is 5. The molecule has 12 heteroatoms. The zero-order valence-electron chi connectivity index (χ0n) is 12.9. The molecular formula is C10H15O10ScZn. The zero-order chi connectivity index (χ0) is 17.9. The standard InChI is InChI=1S/5C2H4O2.Sc.Zn/c5*1-2(3)4;;/h5*1H3,(H,3,4);;/q;;;;;+3;+2/p-5. The van der Waals surface area contributed by atoms with E-state index < -0.39 is 29.8 Å². The molecule has 0 fully saturated rings. The topological polar surface area (TPSA) is 201 Å². The van der Waals surface area contributed by atoms with Crippen molar-refractivity contribution in [3.05, 3.63) is 0 Å². The predicted molar refractivity (Wildman–Crippen MR) is 53.4 cm³/mol. The third kappa shape index (κ3) is 4490. The molecule has 0 amide bonds. The third-order valence-corrected chi connectivity index (χ3v) is 0. The zero-order valence-corrected chi connectivity index (χ0v) is 17.6. The summed E-state index contributed by atoms with van der Waals surface area (Å²) < 4.78 is 0. The monoisotopic (exact) mass is 404 g/mol. The van der Waals surface area contributed by atoms with Gasteiger partial charge in [0, 0.05) is 29.8 Å². The molecule has 0 saturated carbocycles. The molecule has 120 valence electrons. The maximum atomic E-state index is 8.89. The summed E-state index contributed by atoms with van der Waals surface area (Å²) in [7, 11) is 0. The van der Waals surface area contributed by atoms with Gasteiger partial charge in [-0.25, -0.2) is 0 Å². The van der Waals surface area contributed by atoms with E-state index in [0.717, 1.165) is 34.6 Å². The molecule has 0 spiro atoms. The Morgan fingerprint density at radius 3 is 0.455 bits per heavy atom. The van der Waals surface area contributed by atoms with Crippen LogP contribution in [-0.2, 0) is 69.3 Å². The summed E-state index contributed by atoms with van der Waals surface area (Å²) in [6, 6.07) is 0. The number of carbonyl (C=O) groups excluding carboxylic acids is 5. The molecule has 0 N–H and O–H groups in total. The van der Waals surface area contributed by atoms with E-state index in [-0.39, 0.29) is 45.3 Å². The minimum absolute atomic E-state index is 0. The third-order valence-electron chi connectivity index (χ3n) is 0. The molecule has 0 heterocycles. The Bertz CT molecular complexity index is 216. The molecule has 22 heavy (non-hydrogen) atoms. The second-order valence-corrected chi connectivity index (χ2v) is 2.46. The van der Waals surface area contributed by atoms with Crippen LogP contribution >= 0.6 is 0 Å². The summed E-state index contributed by atoms with van der Waals surface area (Å²) in [5.74, 6) is -5.42. The van der Waals surface area contributed by atoms with Crippen LogP contribution in [0.25, 0.3) is 0 Å². The fourth-order valence-corrected chi connectivity index (χ4v) is 0. The molecular weight excluding hydrogens is 390 g/mol. The Kier molecular flexibility index (Phi) is 71.6. The molecule has 0 atom stereocenters. The fourth-order valence-electron chi connectivity index (χ4n) is 0. The second-order valence-electron chi connectivity index (χ2n) is 2.46. The largest absolute Gasteiger partial charge is 3.00 e. The van der Waals surface area contributed by atoms with Crippen molar-refractivity contribution in [2.45, 2.75) is 34.6 Å². The SMILES string of the molecule is CC(=O)[O-].CC(=O)[O-].CC(=O)[O-].CC(=O)[O-].CC(=O)[O-].[Sc+3].[Zn+2]. The molecule has 0 aromatic heterocycles. The van der Waals surface area contributed by atoms with E-state index in [9.17, 15) is 0 Å². The molecule has 0 radical (unpaired) electrons. The van der Waals surface area contributed by atoms with Gasteiger partial charge in [-0.2, -0.15) is 0 Å². The number of hydrogen-bond donors (Lipinski definition) is 0. The molecule has 0 aromatic carbocycles. The van der Waals surface area contributed by atoms with Crippen LogP contribution in [0.5, 0.6) is 0 Å². The van der Waals surface area contributed by atoms with Crippen molar-refractivity contribution < 1.29 is 94.8 Å². The van der Waals surface area contributed by atoms with Gasteiger partial charge >= 0.3 is 45.3 Å². The van der Waals surface area contributed by atoms with E-state index in [4.69, 9.17) is 49.5 Å². The summed E-state index contributed by atoms with van der Waals surface area (Å²) in [4.78, 5) is 44.4. The van der Waals surface area contributed by atoms with E-state index in [1.165, 1.54) is 0 Å². The first kappa shape index (κ1) is 42.8. The molecule has 10 nitrogen and oxygen atoms in total. The maximum absolute atomic E-state index is 8.89. The number of carboxylic acids is 5. The van der Waals surface area contributed by atoms with Gasteiger partial charge in [0.05, 0.1) is 0 Å². The van der Waals surface area contributed by atoms with Gasteiger partial charge in [0.25, 0.3) is 0 Å². The first-order valence-electron chi connectivity index (χ1n) is 4.54. The van der Waals surface area contributed by atoms with Crippen molar-refractivity contribution in [1.29, 1.82) is 0 Å². The number of aliphatic carboxylic acids is 5. The van der Waals surface area contributed by atoms with Crippen LogP contribution in [0.3, 0.4) is 0 Å². The Morgan fingerprint density at radius 2 is 0.455 bits per heavy atom. The van der Waals surface area contributed by atoms with Crippen molar-refractivity contribution in [2.24, 2.45) is 0 Å². The van der Waals surface area contributed by atoms with E-state index in [2.05, 4.69) is 0 Å². The first-order valence-corrected chi connectivity index (χ1v) is 4.54. The Hall–Kier alpha value is -1.16. The predicted octanol–water partition coefficient (Wildman–Crippen LogP) is -6.22. The summed E-state index contributed by atoms with van der Waals surface area (Å²) >= 11 is 0. The molecule has 0 rings (SSSR count). The molecule has 0 unspecified atom stereocenters. The van der Waals surface area contributed by atoms with Crippen LogP contribution in [0.4, 0.5) is 0 Å². The summed E-state index contributed by atoms with van der Waals surface area (Å²) in [5, 5.41) is 44.4. The van der Waals surface area contributed by atoms with Crippen molar-refractivity contribution in [3.8, 4) is 0 Å². The fraction of sp³-hybridized carbons (Fsp3) is 0.500. The van der Waals surface area contributed by atoms with Gasteiger partial charge in [0.15, 0.2) is 0 Å². The molecule has 0 aliphatic rings.